The van der Waals surface area contributed by atoms with E-state index in [1.54, 1.807) is 21.9 Å². The van der Waals surface area contributed by atoms with Gasteiger partial charge in [-0.2, -0.15) is 0 Å². The molecule has 6 heteroatoms. The van der Waals surface area contributed by atoms with E-state index in [2.05, 4.69) is 15.9 Å². The van der Waals surface area contributed by atoms with Crippen molar-refractivity contribution in [1.82, 2.24) is 9.80 Å². The largest absolute Gasteiger partial charge is 0.339 e. The summed E-state index contributed by atoms with van der Waals surface area (Å²) in [7, 11) is 0. The molecule has 0 aliphatic carbocycles. The molecule has 2 rings (SSSR count). The molecule has 1 saturated heterocycles. The van der Waals surface area contributed by atoms with Crippen LogP contribution in [0, 0.1) is 5.82 Å². The van der Waals surface area contributed by atoms with Crippen LogP contribution in [0.25, 0.3) is 0 Å². The maximum Gasteiger partial charge on any atom is 0.227 e. The van der Waals surface area contributed by atoms with Crippen LogP contribution in [-0.2, 0) is 16.0 Å². The van der Waals surface area contributed by atoms with Crippen molar-refractivity contribution in [2.24, 2.45) is 0 Å². The highest BCUT2D eigenvalue weighted by molar-refractivity contribution is 9.10. The Bertz CT molecular complexity index is 528. The summed E-state index contributed by atoms with van der Waals surface area (Å²) in [5.74, 6) is -0.454. The molecule has 1 aliphatic rings. The van der Waals surface area contributed by atoms with Crippen molar-refractivity contribution in [3.05, 3.63) is 34.1 Å². The molecule has 20 heavy (non-hydrogen) atoms. The third kappa shape index (κ3) is 3.56. The normalized spacial score (nSPS) is 15.3. The Kier molecular flexibility index (Phi) is 4.75. The van der Waals surface area contributed by atoms with Gasteiger partial charge in [0.1, 0.15) is 5.82 Å². The molecule has 0 atom stereocenters. The summed E-state index contributed by atoms with van der Waals surface area (Å²) in [5.41, 5.74) is 0.387. The van der Waals surface area contributed by atoms with Gasteiger partial charge in [0.05, 0.1) is 6.42 Å². The lowest BCUT2D eigenvalue weighted by molar-refractivity contribution is -0.138. The fourth-order valence-corrected chi connectivity index (χ4v) is 2.63. The lowest BCUT2D eigenvalue weighted by Gasteiger charge is -2.34. The van der Waals surface area contributed by atoms with Crippen LogP contribution in [0.4, 0.5) is 4.39 Å². The van der Waals surface area contributed by atoms with Gasteiger partial charge in [-0.1, -0.05) is 15.9 Å². The second-order valence-electron chi connectivity index (χ2n) is 4.80. The first-order valence-corrected chi connectivity index (χ1v) is 7.24. The first-order valence-electron chi connectivity index (χ1n) is 6.44. The lowest BCUT2D eigenvalue weighted by Crippen LogP contribution is -2.50. The topological polar surface area (TPSA) is 40.6 Å². The van der Waals surface area contributed by atoms with E-state index in [1.165, 1.54) is 13.0 Å². The van der Waals surface area contributed by atoms with Crippen LogP contribution in [0.3, 0.4) is 0 Å². The molecule has 0 unspecified atom stereocenters. The molecule has 0 N–H and O–H groups in total. The third-order valence-corrected chi connectivity index (χ3v) is 3.92. The zero-order chi connectivity index (χ0) is 14.7. The number of nitrogens with zero attached hydrogens (tertiary/aromatic N) is 2. The second kappa shape index (κ2) is 6.35. The zero-order valence-electron chi connectivity index (χ0n) is 11.2. The number of benzene rings is 1. The summed E-state index contributed by atoms with van der Waals surface area (Å²) in [6, 6.07) is 4.58. The van der Waals surface area contributed by atoms with E-state index in [-0.39, 0.29) is 24.1 Å². The summed E-state index contributed by atoms with van der Waals surface area (Å²) in [6.45, 7) is 3.63. The van der Waals surface area contributed by atoms with Crippen molar-refractivity contribution in [2.75, 3.05) is 26.2 Å². The summed E-state index contributed by atoms with van der Waals surface area (Å²) < 4.78 is 14.4. The average molecular weight is 343 g/mol. The van der Waals surface area contributed by atoms with Gasteiger partial charge in [0.15, 0.2) is 0 Å². The van der Waals surface area contributed by atoms with Gasteiger partial charge < -0.3 is 9.80 Å². The van der Waals surface area contributed by atoms with E-state index in [9.17, 15) is 14.0 Å². The smallest absolute Gasteiger partial charge is 0.227 e. The predicted octanol–water partition coefficient (Wildman–Crippen LogP) is 1.82. The van der Waals surface area contributed by atoms with E-state index in [1.807, 2.05) is 0 Å². The summed E-state index contributed by atoms with van der Waals surface area (Å²) in [5, 5.41) is 0. The van der Waals surface area contributed by atoms with Gasteiger partial charge in [0, 0.05) is 37.6 Å². The van der Waals surface area contributed by atoms with E-state index >= 15 is 0 Å². The van der Waals surface area contributed by atoms with Crippen LogP contribution >= 0.6 is 15.9 Å². The molecule has 4 nitrogen and oxygen atoms in total. The van der Waals surface area contributed by atoms with E-state index in [0.29, 0.717) is 31.7 Å². The SMILES string of the molecule is CC(=O)N1CCN(C(=O)Cc2cc(Br)ccc2F)CC1. The third-order valence-electron chi connectivity index (χ3n) is 3.43. The van der Waals surface area contributed by atoms with Crippen LogP contribution in [0.5, 0.6) is 0 Å². The molecule has 1 aromatic rings. The Morgan fingerprint density at radius 2 is 1.80 bits per heavy atom. The van der Waals surface area contributed by atoms with E-state index in [4.69, 9.17) is 0 Å². The summed E-state index contributed by atoms with van der Waals surface area (Å²) >= 11 is 3.27. The minimum absolute atomic E-state index is 0.0233. The fourth-order valence-electron chi connectivity index (χ4n) is 2.22. The van der Waals surface area contributed by atoms with E-state index in [0.717, 1.165) is 4.47 Å². The molecule has 1 aliphatic heterocycles. The Balaban J connectivity index is 1.96. The van der Waals surface area contributed by atoms with Crippen molar-refractivity contribution in [1.29, 1.82) is 0 Å². The molecule has 1 fully saturated rings. The zero-order valence-corrected chi connectivity index (χ0v) is 12.8. The maximum absolute atomic E-state index is 13.6. The molecule has 1 aromatic carbocycles. The number of hydrogen-bond donors (Lipinski definition) is 0. The minimum Gasteiger partial charge on any atom is -0.339 e. The maximum atomic E-state index is 13.6. The Morgan fingerprint density at radius 3 is 2.40 bits per heavy atom. The van der Waals surface area contributed by atoms with Gasteiger partial charge in [-0.05, 0) is 23.8 Å². The standard InChI is InChI=1S/C14H16BrFN2O2/c1-10(19)17-4-6-18(7-5-17)14(20)9-11-8-12(15)2-3-13(11)16/h2-3,8H,4-7,9H2,1H3. The molecule has 2 amide bonds. The van der Waals surface area contributed by atoms with Crippen molar-refractivity contribution >= 4 is 27.7 Å². The van der Waals surface area contributed by atoms with Gasteiger partial charge in [-0.3, -0.25) is 9.59 Å². The van der Waals surface area contributed by atoms with Gasteiger partial charge in [0.25, 0.3) is 0 Å². The van der Waals surface area contributed by atoms with Crippen molar-refractivity contribution < 1.29 is 14.0 Å². The molecule has 0 saturated carbocycles. The molecule has 108 valence electrons. The average Bonchev–Trinajstić information content (AvgIpc) is 2.43. The predicted molar refractivity (Wildman–Crippen MR) is 76.6 cm³/mol. The van der Waals surface area contributed by atoms with E-state index < -0.39 is 0 Å². The molecule has 0 aromatic heterocycles. The highest BCUT2D eigenvalue weighted by atomic mass is 79.9. The number of halogens is 2. The summed E-state index contributed by atoms with van der Waals surface area (Å²) in [4.78, 5) is 26.8. The van der Waals surface area contributed by atoms with Gasteiger partial charge in [-0.25, -0.2) is 4.39 Å². The fraction of sp³-hybridized carbons (Fsp3) is 0.429. The Labute approximate surface area is 125 Å². The molecule has 1 heterocycles. The monoisotopic (exact) mass is 342 g/mol. The molecular weight excluding hydrogens is 327 g/mol. The number of carbonyl (C=O) groups is 2. The van der Waals surface area contributed by atoms with Crippen LogP contribution in [0.2, 0.25) is 0 Å². The number of amides is 2. The minimum atomic E-state index is -0.371. The van der Waals surface area contributed by atoms with Crippen LogP contribution < -0.4 is 0 Å². The summed E-state index contributed by atoms with van der Waals surface area (Å²) in [6.07, 6.45) is 0.0470. The van der Waals surface area contributed by atoms with Crippen molar-refractivity contribution in [3.63, 3.8) is 0 Å². The van der Waals surface area contributed by atoms with Gasteiger partial charge >= 0.3 is 0 Å². The van der Waals surface area contributed by atoms with Crippen LogP contribution in [-0.4, -0.2) is 47.8 Å². The van der Waals surface area contributed by atoms with Gasteiger partial charge in [-0.15, -0.1) is 0 Å². The Hall–Kier alpha value is -1.43. The quantitative estimate of drug-likeness (QED) is 0.822. The number of piperazine rings is 1. The second-order valence-corrected chi connectivity index (χ2v) is 5.72. The van der Waals surface area contributed by atoms with Crippen molar-refractivity contribution in [2.45, 2.75) is 13.3 Å². The lowest BCUT2D eigenvalue weighted by atomic mass is 10.1. The molecular formula is C14H16BrFN2O2. The van der Waals surface area contributed by atoms with Crippen LogP contribution in [0.1, 0.15) is 12.5 Å². The van der Waals surface area contributed by atoms with Gasteiger partial charge in [0.2, 0.25) is 11.8 Å². The number of hydrogen-bond acceptors (Lipinski definition) is 2. The highest BCUT2D eigenvalue weighted by Gasteiger charge is 2.22. The molecule has 0 spiro atoms. The Morgan fingerprint density at radius 1 is 1.20 bits per heavy atom. The highest BCUT2D eigenvalue weighted by Crippen LogP contribution is 2.17. The number of carbonyl (C=O) groups excluding carboxylic acids is 2. The molecule has 0 radical (unpaired) electrons. The van der Waals surface area contributed by atoms with Crippen LogP contribution in [0.15, 0.2) is 22.7 Å². The first-order chi connectivity index (χ1) is 9.47. The van der Waals surface area contributed by atoms with Crippen molar-refractivity contribution in [3.8, 4) is 0 Å². The number of rotatable bonds is 2. The first kappa shape index (κ1) is 15.0. The molecule has 0 bridgehead atoms.